The summed E-state index contributed by atoms with van der Waals surface area (Å²) in [5.41, 5.74) is 3.66. The monoisotopic (exact) mass is 543 g/mol. The Labute approximate surface area is 180 Å². The predicted molar refractivity (Wildman–Crippen MR) is 117 cm³/mol. The van der Waals surface area contributed by atoms with Gasteiger partial charge in [-0.15, -0.1) is 0 Å². The topological polar surface area (TPSA) is 79.8 Å². The van der Waals surface area contributed by atoms with Gasteiger partial charge in [0.2, 0.25) is 0 Å². The highest BCUT2D eigenvalue weighted by Crippen LogP contribution is 2.22. The molecule has 2 aromatic rings. The Morgan fingerprint density at radius 2 is 2.04 bits per heavy atom. The van der Waals surface area contributed by atoms with Crippen LogP contribution in [0.25, 0.3) is 0 Å². The molecule has 0 unspecified atom stereocenters. The summed E-state index contributed by atoms with van der Waals surface area (Å²) in [7, 11) is 0. The highest BCUT2D eigenvalue weighted by atomic mass is 127. The summed E-state index contributed by atoms with van der Waals surface area (Å²) >= 11 is 5.48. The quantitative estimate of drug-likeness (QED) is 0.302. The van der Waals surface area contributed by atoms with Gasteiger partial charge in [-0.25, -0.2) is 5.43 Å². The number of carbonyl (C=O) groups is 2. The Kier molecular flexibility index (Phi) is 8.73. The summed E-state index contributed by atoms with van der Waals surface area (Å²) in [6.45, 7) is 2.45. The van der Waals surface area contributed by atoms with Gasteiger partial charge >= 0.3 is 0 Å². The van der Waals surface area contributed by atoms with E-state index in [0.29, 0.717) is 17.9 Å². The number of amides is 2. The Morgan fingerprint density at radius 3 is 2.78 bits per heavy atom. The van der Waals surface area contributed by atoms with Crippen molar-refractivity contribution >= 4 is 56.5 Å². The number of rotatable bonds is 8. The van der Waals surface area contributed by atoms with Gasteiger partial charge in [-0.1, -0.05) is 35.0 Å². The van der Waals surface area contributed by atoms with E-state index in [1.807, 2.05) is 37.3 Å². The number of benzene rings is 2. The van der Waals surface area contributed by atoms with Crippen molar-refractivity contribution in [1.82, 2.24) is 10.7 Å². The van der Waals surface area contributed by atoms with Crippen LogP contribution < -0.4 is 15.5 Å². The van der Waals surface area contributed by atoms with Crippen LogP contribution in [0.5, 0.6) is 5.75 Å². The smallest absolute Gasteiger partial charge is 0.259 e. The number of nitrogens with one attached hydrogen (secondary N) is 2. The zero-order valence-electron chi connectivity index (χ0n) is 14.7. The second-order valence-corrected chi connectivity index (χ2v) is 7.56. The second kappa shape index (κ2) is 11.0. The Hall–Kier alpha value is -1.94. The van der Waals surface area contributed by atoms with Crippen LogP contribution in [0.15, 0.2) is 52.0 Å². The minimum Gasteiger partial charge on any atom is -0.493 e. The first kappa shape index (κ1) is 21.4. The molecule has 0 fully saturated rings. The Morgan fingerprint density at radius 1 is 1.26 bits per heavy atom. The molecule has 27 heavy (non-hydrogen) atoms. The summed E-state index contributed by atoms with van der Waals surface area (Å²) in [6, 6.07) is 12.7. The van der Waals surface area contributed by atoms with E-state index in [1.165, 1.54) is 6.21 Å². The fourth-order valence-corrected chi connectivity index (χ4v) is 3.09. The van der Waals surface area contributed by atoms with E-state index in [4.69, 9.17) is 4.74 Å². The third kappa shape index (κ3) is 6.94. The average molecular weight is 544 g/mol. The van der Waals surface area contributed by atoms with Crippen molar-refractivity contribution < 1.29 is 14.3 Å². The van der Waals surface area contributed by atoms with E-state index in [-0.39, 0.29) is 12.5 Å². The lowest BCUT2D eigenvalue weighted by Gasteiger charge is -2.08. The number of nitrogens with zero attached hydrogens (tertiary/aromatic N) is 1. The first-order valence-corrected chi connectivity index (χ1v) is 10.2. The molecule has 0 bridgehead atoms. The van der Waals surface area contributed by atoms with E-state index in [9.17, 15) is 9.59 Å². The molecule has 8 heteroatoms. The summed E-state index contributed by atoms with van der Waals surface area (Å²) in [6.07, 6.45) is 2.40. The number of hydrazone groups is 1. The number of carbonyl (C=O) groups excluding carboxylic acids is 2. The SMILES string of the molecule is CCCOc1ccc(Br)cc1/C=N/NC(=O)CNC(=O)c1ccccc1I. The van der Waals surface area contributed by atoms with E-state index in [2.05, 4.69) is 54.4 Å². The van der Waals surface area contributed by atoms with Gasteiger partial charge in [-0.2, -0.15) is 5.10 Å². The van der Waals surface area contributed by atoms with Crippen molar-refractivity contribution in [1.29, 1.82) is 0 Å². The second-order valence-electron chi connectivity index (χ2n) is 5.49. The van der Waals surface area contributed by atoms with Crippen LogP contribution in [-0.4, -0.2) is 31.2 Å². The fourth-order valence-electron chi connectivity index (χ4n) is 2.08. The lowest BCUT2D eigenvalue weighted by atomic mass is 10.2. The van der Waals surface area contributed by atoms with Crippen LogP contribution >= 0.6 is 38.5 Å². The van der Waals surface area contributed by atoms with Gasteiger partial charge < -0.3 is 10.1 Å². The van der Waals surface area contributed by atoms with Crippen molar-refractivity contribution in [3.8, 4) is 5.75 Å². The highest BCUT2D eigenvalue weighted by molar-refractivity contribution is 14.1. The van der Waals surface area contributed by atoms with Gasteiger partial charge in [0, 0.05) is 13.6 Å². The number of hydrogen-bond acceptors (Lipinski definition) is 4. The lowest BCUT2D eigenvalue weighted by molar-refractivity contribution is -0.120. The average Bonchev–Trinajstić information content (AvgIpc) is 2.66. The maximum Gasteiger partial charge on any atom is 0.259 e. The lowest BCUT2D eigenvalue weighted by Crippen LogP contribution is -2.35. The number of halogens is 2. The van der Waals surface area contributed by atoms with E-state index in [1.54, 1.807) is 12.1 Å². The third-order valence-electron chi connectivity index (χ3n) is 3.35. The molecule has 0 aromatic heterocycles. The number of ether oxygens (including phenoxy) is 1. The van der Waals surface area contributed by atoms with Crippen molar-refractivity contribution in [3.63, 3.8) is 0 Å². The van der Waals surface area contributed by atoms with E-state index < -0.39 is 5.91 Å². The van der Waals surface area contributed by atoms with Gasteiger partial charge in [-0.05, 0) is 59.3 Å². The van der Waals surface area contributed by atoms with Crippen LogP contribution in [0.4, 0.5) is 0 Å². The molecule has 0 saturated carbocycles. The molecule has 0 saturated heterocycles. The van der Waals surface area contributed by atoms with E-state index in [0.717, 1.165) is 20.0 Å². The van der Waals surface area contributed by atoms with Crippen LogP contribution in [0, 0.1) is 3.57 Å². The first-order chi connectivity index (χ1) is 13.0. The molecular formula is C19H19BrIN3O3. The molecular weight excluding hydrogens is 525 g/mol. The molecule has 0 aliphatic carbocycles. The maximum absolute atomic E-state index is 12.1. The molecule has 2 N–H and O–H groups in total. The van der Waals surface area contributed by atoms with Crippen molar-refractivity contribution in [2.45, 2.75) is 13.3 Å². The van der Waals surface area contributed by atoms with Crippen LogP contribution in [0.3, 0.4) is 0 Å². The molecule has 2 amide bonds. The van der Waals surface area contributed by atoms with Gasteiger partial charge in [0.1, 0.15) is 5.75 Å². The highest BCUT2D eigenvalue weighted by Gasteiger charge is 2.10. The first-order valence-electron chi connectivity index (χ1n) is 8.28. The van der Waals surface area contributed by atoms with Crippen molar-refractivity contribution in [2.24, 2.45) is 5.10 Å². The molecule has 0 spiro atoms. The molecule has 0 aliphatic rings. The van der Waals surface area contributed by atoms with E-state index >= 15 is 0 Å². The van der Waals surface area contributed by atoms with Gasteiger partial charge in [0.15, 0.2) is 0 Å². The normalized spacial score (nSPS) is 10.6. The maximum atomic E-state index is 12.1. The van der Waals surface area contributed by atoms with Crippen LogP contribution in [-0.2, 0) is 4.79 Å². The Balaban J connectivity index is 1.89. The van der Waals surface area contributed by atoms with Gasteiger partial charge in [0.25, 0.3) is 11.8 Å². The zero-order chi connectivity index (χ0) is 19.6. The molecule has 6 nitrogen and oxygen atoms in total. The van der Waals surface area contributed by atoms with Gasteiger partial charge in [-0.3, -0.25) is 9.59 Å². The molecule has 0 radical (unpaired) electrons. The zero-order valence-corrected chi connectivity index (χ0v) is 18.4. The molecule has 0 atom stereocenters. The fraction of sp³-hybridized carbons (Fsp3) is 0.211. The molecule has 142 valence electrons. The minimum absolute atomic E-state index is 0.168. The van der Waals surface area contributed by atoms with Crippen molar-refractivity contribution in [2.75, 3.05) is 13.2 Å². The largest absolute Gasteiger partial charge is 0.493 e. The van der Waals surface area contributed by atoms with Crippen molar-refractivity contribution in [3.05, 3.63) is 61.6 Å². The number of hydrogen-bond donors (Lipinski definition) is 2. The molecule has 2 rings (SSSR count). The summed E-state index contributed by atoms with van der Waals surface area (Å²) < 4.78 is 7.35. The van der Waals surface area contributed by atoms with Crippen LogP contribution in [0.1, 0.15) is 29.3 Å². The predicted octanol–water partition coefficient (Wildman–Crippen LogP) is 3.72. The van der Waals surface area contributed by atoms with Gasteiger partial charge in [0.05, 0.1) is 24.9 Å². The minimum atomic E-state index is -0.420. The molecule has 0 heterocycles. The molecule has 2 aromatic carbocycles. The Bertz CT molecular complexity index is 843. The summed E-state index contributed by atoms with van der Waals surface area (Å²) in [5, 5.41) is 6.52. The standard InChI is InChI=1S/C19H19BrIN3O3/c1-2-9-27-17-8-7-14(20)10-13(17)11-23-24-18(25)12-22-19(26)15-5-3-4-6-16(15)21/h3-8,10-11H,2,9,12H2,1H3,(H,22,26)(H,24,25)/b23-11+. The summed E-state index contributed by atoms with van der Waals surface area (Å²) in [5.74, 6) is -0.0389. The molecule has 0 aliphatic heterocycles. The third-order valence-corrected chi connectivity index (χ3v) is 4.79. The summed E-state index contributed by atoms with van der Waals surface area (Å²) in [4.78, 5) is 24.0. The van der Waals surface area contributed by atoms with Crippen LogP contribution in [0.2, 0.25) is 0 Å².